The molecule has 2 aromatic carbocycles. The summed E-state index contributed by atoms with van der Waals surface area (Å²) < 4.78 is 10.5. The highest BCUT2D eigenvalue weighted by Crippen LogP contribution is 2.26. The fraction of sp³-hybridized carbons (Fsp3) is 0.381. The molecule has 2 rings (SSSR count). The first-order chi connectivity index (χ1) is 13.7. The molecular weight excluding hydrogens is 374 g/mol. The van der Waals surface area contributed by atoms with Crippen LogP contribution in [0.15, 0.2) is 58.4 Å². The molecule has 3 N–H and O–H groups in total. The number of rotatable bonds is 10. The van der Waals surface area contributed by atoms with Crippen LogP contribution in [0.2, 0.25) is 0 Å². The second-order valence-corrected chi connectivity index (χ2v) is 7.14. The van der Waals surface area contributed by atoms with Crippen molar-refractivity contribution < 1.29 is 14.6 Å². The lowest BCUT2D eigenvalue weighted by molar-refractivity contribution is 0.186. The molecule has 0 bridgehead atoms. The molecule has 0 aliphatic heterocycles. The molecule has 0 saturated carbocycles. The highest BCUT2D eigenvalue weighted by atomic mass is 32.2. The van der Waals surface area contributed by atoms with E-state index < -0.39 is 6.10 Å². The molecule has 0 spiro atoms. The van der Waals surface area contributed by atoms with E-state index in [1.807, 2.05) is 25.1 Å². The molecular formula is C21H29N3O3S. The van der Waals surface area contributed by atoms with Gasteiger partial charge in [0, 0.05) is 29.8 Å². The maximum Gasteiger partial charge on any atom is 0.191 e. The molecule has 1 atom stereocenters. The number of thioether (sulfide) groups is 1. The summed E-state index contributed by atoms with van der Waals surface area (Å²) in [7, 11) is 3.17. The minimum absolute atomic E-state index is 0.234. The Hall–Kier alpha value is -2.38. The highest BCUT2D eigenvalue weighted by molar-refractivity contribution is 7.99. The maximum atomic E-state index is 10.5. The Labute approximate surface area is 171 Å². The highest BCUT2D eigenvalue weighted by Gasteiger charge is 2.11. The van der Waals surface area contributed by atoms with Gasteiger partial charge in [-0.25, -0.2) is 0 Å². The minimum atomic E-state index is -0.752. The van der Waals surface area contributed by atoms with Gasteiger partial charge in [-0.3, -0.25) is 4.99 Å². The third-order valence-electron chi connectivity index (χ3n) is 3.93. The summed E-state index contributed by atoms with van der Waals surface area (Å²) in [5, 5.41) is 17.0. The number of benzene rings is 2. The monoisotopic (exact) mass is 403 g/mol. The summed E-state index contributed by atoms with van der Waals surface area (Å²) >= 11 is 1.79. The third-order valence-corrected chi connectivity index (χ3v) is 4.95. The molecule has 0 aliphatic carbocycles. The van der Waals surface area contributed by atoms with Crippen LogP contribution in [0.4, 0.5) is 0 Å². The van der Waals surface area contributed by atoms with Gasteiger partial charge in [0.25, 0.3) is 0 Å². The molecule has 0 aromatic heterocycles. The standard InChI is InChI=1S/C21H29N3O3S/c1-4-22-21(23-10-11-28-19-8-6-5-7-9-19)24-15-20(25)16-12-17(26-2)14-18(13-16)27-3/h5-9,12-14,20,25H,4,10-11,15H2,1-3H3,(H2,22,23,24). The average molecular weight is 404 g/mol. The normalized spacial score (nSPS) is 12.4. The van der Waals surface area contributed by atoms with E-state index in [2.05, 4.69) is 27.8 Å². The van der Waals surface area contributed by atoms with Gasteiger partial charge in [-0.2, -0.15) is 0 Å². The Balaban J connectivity index is 1.90. The molecule has 7 heteroatoms. The van der Waals surface area contributed by atoms with E-state index in [1.165, 1.54) is 4.90 Å². The minimum Gasteiger partial charge on any atom is -0.497 e. The summed E-state index contributed by atoms with van der Waals surface area (Å²) in [5.41, 5.74) is 0.704. The first-order valence-electron chi connectivity index (χ1n) is 9.27. The van der Waals surface area contributed by atoms with Crippen molar-refractivity contribution >= 4 is 17.7 Å². The molecule has 152 valence electrons. The topological polar surface area (TPSA) is 75.1 Å². The van der Waals surface area contributed by atoms with Gasteiger partial charge < -0.3 is 25.2 Å². The predicted molar refractivity (Wildman–Crippen MR) is 116 cm³/mol. The number of nitrogens with zero attached hydrogens (tertiary/aromatic N) is 1. The van der Waals surface area contributed by atoms with E-state index in [9.17, 15) is 5.11 Å². The van der Waals surface area contributed by atoms with Gasteiger partial charge in [-0.05, 0) is 36.8 Å². The Morgan fingerprint density at radius 3 is 2.36 bits per heavy atom. The zero-order chi connectivity index (χ0) is 20.2. The zero-order valence-corrected chi connectivity index (χ0v) is 17.5. The van der Waals surface area contributed by atoms with Crippen LogP contribution < -0.4 is 20.1 Å². The van der Waals surface area contributed by atoms with Gasteiger partial charge in [0.05, 0.1) is 26.9 Å². The number of guanidine groups is 1. The average Bonchev–Trinajstić information content (AvgIpc) is 2.74. The maximum absolute atomic E-state index is 10.5. The first kappa shape index (κ1) is 21.9. The smallest absolute Gasteiger partial charge is 0.191 e. The van der Waals surface area contributed by atoms with E-state index in [0.717, 1.165) is 18.8 Å². The van der Waals surface area contributed by atoms with Gasteiger partial charge >= 0.3 is 0 Å². The van der Waals surface area contributed by atoms with E-state index in [4.69, 9.17) is 9.47 Å². The summed E-state index contributed by atoms with van der Waals surface area (Å²) in [6.07, 6.45) is -0.752. The van der Waals surface area contributed by atoms with E-state index in [1.54, 1.807) is 44.2 Å². The number of aliphatic imine (C=N–C) groups is 1. The summed E-state index contributed by atoms with van der Waals surface area (Å²) in [4.78, 5) is 5.74. The van der Waals surface area contributed by atoms with Crippen molar-refractivity contribution in [2.75, 3.05) is 39.6 Å². The van der Waals surface area contributed by atoms with Gasteiger partial charge in [-0.15, -0.1) is 11.8 Å². The fourth-order valence-corrected chi connectivity index (χ4v) is 3.29. The molecule has 6 nitrogen and oxygen atoms in total. The third kappa shape index (κ3) is 7.32. The lowest BCUT2D eigenvalue weighted by Crippen LogP contribution is -2.38. The predicted octanol–water partition coefficient (Wildman–Crippen LogP) is 3.08. The Morgan fingerprint density at radius 1 is 1.07 bits per heavy atom. The number of ether oxygens (including phenoxy) is 2. The van der Waals surface area contributed by atoms with Crippen molar-refractivity contribution in [2.24, 2.45) is 4.99 Å². The van der Waals surface area contributed by atoms with Gasteiger partial charge in [0.15, 0.2) is 5.96 Å². The van der Waals surface area contributed by atoms with Crippen molar-refractivity contribution in [1.29, 1.82) is 0 Å². The van der Waals surface area contributed by atoms with Crippen molar-refractivity contribution in [3.63, 3.8) is 0 Å². The number of hydrogen-bond donors (Lipinski definition) is 3. The Kier molecular flexibility index (Phi) is 9.51. The Morgan fingerprint density at radius 2 is 1.75 bits per heavy atom. The summed E-state index contributed by atoms with van der Waals surface area (Å²) in [6.45, 7) is 3.77. The summed E-state index contributed by atoms with van der Waals surface area (Å²) in [5.74, 6) is 2.88. The number of hydrogen-bond acceptors (Lipinski definition) is 5. The van der Waals surface area contributed by atoms with Crippen molar-refractivity contribution in [3.8, 4) is 11.5 Å². The molecule has 2 aromatic rings. The molecule has 1 unspecified atom stereocenters. The van der Waals surface area contributed by atoms with Gasteiger partial charge in [-0.1, -0.05) is 18.2 Å². The molecule has 0 fully saturated rings. The molecule has 28 heavy (non-hydrogen) atoms. The van der Waals surface area contributed by atoms with E-state index in [0.29, 0.717) is 23.0 Å². The molecule has 0 amide bonds. The van der Waals surface area contributed by atoms with E-state index in [-0.39, 0.29) is 6.54 Å². The molecule has 0 radical (unpaired) electrons. The van der Waals surface area contributed by atoms with Crippen LogP contribution in [0.25, 0.3) is 0 Å². The largest absolute Gasteiger partial charge is 0.497 e. The quantitative estimate of drug-likeness (QED) is 0.245. The second kappa shape index (κ2) is 12.2. The van der Waals surface area contributed by atoms with Crippen LogP contribution in [-0.2, 0) is 0 Å². The first-order valence-corrected chi connectivity index (χ1v) is 10.3. The number of aliphatic hydroxyl groups excluding tert-OH is 1. The lowest BCUT2D eigenvalue weighted by atomic mass is 10.1. The number of nitrogens with one attached hydrogen (secondary N) is 2. The SMILES string of the molecule is CCNC(=NCC(O)c1cc(OC)cc(OC)c1)NCCSc1ccccc1. The number of methoxy groups -OCH3 is 2. The van der Waals surface area contributed by atoms with Crippen molar-refractivity contribution in [1.82, 2.24) is 10.6 Å². The van der Waals surface area contributed by atoms with Crippen LogP contribution in [0, 0.1) is 0 Å². The van der Waals surface area contributed by atoms with Crippen LogP contribution >= 0.6 is 11.8 Å². The molecule has 0 heterocycles. The van der Waals surface area contributed by atoms with Crippen LogP contribution in [0.5, 0.6) is 11.5 Å². The van der Waals surface area contributed by atoms with Gasteiger partial charge in [0.1, 0.15) is 11.5 Å². The number of aliphatic hydroxyl groups is 1. The van der Waals surface area contributed by atoms with Crippen LogP contribution in [0.1, 0.15) is 18.6 Å². The second-order valence-electron chi connectivity index (χ2n) is 5.97. The van der Waals surface area contributed by atoms with Crippen molar-refractivity contribution in [2.45, 2.75) is 17.9 Å². The Bertz CT molecular complexity index is 719. The van der Waals surface area contributed by atoms with E-state index >= 15 is 0 Å². The van der Waals surface area contributed by atoms with Crippen LogP contribution in [0.3, 0.4) is 0 Å². The van der Waals surface area contributed by atoms with Crippen LogP contribution in [-0.4, -0.2) is 50.7 Å². The molecule has 0 saturated heterocycles. The lowest BCUT2D eigenvalue weighted by Gasteiger charge is -2.15. The zero-order valence-electron chi connectivity index (χ0n) is 16.6. The summed E-state index contributed by atoms with van der Waals surface area (Å²) in [6, 6.07) is 15.6. The fourth-order valence-electron chi connectivity index (χ4n) is 2.50. The van der Waals surface area contributed by atoms with Gasteiger partial charge in [0.2, 0.25) is 0 Å². The molecule has 0 aliphatic rings. The van der Waals surface area contributed by atoms with Crippen molar-refractivity contribution in [3.05, 3.63) is 54.1 Å².